The van der Waals surface area contributed by atoms with E-state index in [0.29, 0.717) is 13.1 Å². The first-order valence-electron chi connectivity index (χ1n) is 7.04. The highest BCUT2D eigenvalue weighted by Gasteiger charge is 2.11. The van der Waals surface area contributed by atoms with Crippen LogP contribution in [0.2, 0.25) is 0 Å². The molecule has 0 fully saturated rings. The first-order chi connectivity index (χ1) is 9.90. The molecule has 0 bridgehead atoms. The zero-order valence-corrected chi connectivity index (χ0v) is 11.6. The third kappa shape index (κ3) is 4.54. The zero-order chi connectivity index (χ0) is 14.0. The second-order valence-electron chi connectivity index (χ2n) is 4.91. The number of carbonyl (C=O) groups excluding carboxylic acids is 1. The van der Waals surface area contributed by atoms with E-state index >= 15 is 0 Å². The lowest BCUT2D eigenvalue weighted by molar-refractivity contribution is -0.129. The highest BCUT2D eigenvalue weighted by molar-refractivity contribution is 5.37. The number of hydrogen-bond donors (Lipinski definition) is 0. The van der Waals surface area contributed by atoms with Crippen molar-refractivity contribution >= 4 is 6.47 Å². The minimum Gasteiger partial charge on any atom is -0.467 e. The number of benzene rings is 2. The highest BCUT2D eigenvalue weighted by atomic mass is 16.5. The Labute approximate surface area is 120 Å². The minimum absolute atomic E-state index is 0.283. The molecule has 0 saturated carbocycles. The summed E-state index contributed by atoms with van der Waals surface area (Å²) in [5, 5.41) is 0. The van der Waals surface area contributed by atoms with Crippen molar-refractivity contribution in [2.24, 2.45) is 0 Å². The highest BCUT2D eigenvalue weighted by Crippen LogP contribution is 2.22. The molecule has 0 N–H and O–H groups in total. The van der Waals surface area contributed by atoms with Gasteiger partial charge in [0.25, 0.3) is 6.47 Å². The lowest BCUT2D eigenvalue weighted by Crippen LogP contribution is -2.08. The Kier molecular flexibility index (Phi) is 5.84. The summed E-state index contributed by atoms with van der Waals surface area (Å²) in [6.07, 6.45) is 3.17. The third-order valence-corrected chi connectivity index (χ3v) is 3.50. The SMILES string of the molecule is O=COCC(CCCc1ccccc1)c1ccccc1. The molecule has 0 amide bonds. The average molecular weight is 268 g/mol. The normalized spacial score (nSPS) is 11.8. The van der Waals surface area contributed by atoms with E-state index in [-0.39, 0.29) is 5.92 Å². The summed E-state index contributed by atoms with van der Waals surface area (Å²) in [5.74, 6) is 0.283. The van der Waals surface area contributed by atoms with Crippen LogP contribution in [0.15, 0.2) is 60.7 Å². The average Bonchev–Trinajstić information content (AvgIpc) is 2.52. The van der Waals surface area contributed by atoms with Crippen molar-refractivity contribution in [2.45, 2.75) is 25.2 Å². The van der Waals surface area contributed by atoms with Crippen molar-refractivity contribution in [1.82, 2.24) is 0 Å². The van der Waals surface area contributed by atoms with Gasteiger partial charge in [0, 0.05) is 5.92 Å². The lowest BCUT2D eigenvalue weighted by Gasteiger charge is -2.16. The van der Waals surface area contributed by atoms with Crippen LogP contribution >= 0.6 is 0 Å². The summed E-state index contributed by atoms with van der Waals surface area (Å²) in [4.78, 5) is 10.4. The molecule has 20 heavy (non-hydrogen) atoms. The molecule has 0 aliphatic rings. The van der Waals surface area contributed by atoms with Gasteiger partial charge in [0.2, 0.25) is 0 Å². The van der Waals surface area contributed by atoms with E-state index < -0.39 is 0 Å². The maximum Gasteiger partial charge on any atom is 0.293 e. The molecule has 0 radical (unpaired) electrons. The first-order valence-corrected chi connectivity index (χ1v) is 7.04. The van der Waals surface area contributed by atoms with Gasteiger partial charge in [-0.3, -0.25) is 4.79 Å². The van der Waals surface area contributed by atoms with E-state index in [1.165, 1.54) is 11.1 Å². The number of aryl methyl sites for hydroxylation is 1. The largest absolute Gasteiger partial charge is 0.467 e. The van der Waals surface area contributed by atoms with Crippen molar-refractivity contribution in [2.75, 3.05) is 6.61 Å². The van der Waals surface area contributed by atoms with Crippen molar-refractivity contribution in [3.63, 3.8) is 0 Å². The van der Waals surface area contributed by atoms with Crippen LogP contribution < -0.4 is 0 Å². The van der Waals surface area contributed by atoms with Gasteiger partial charge in [0.1, 0.15) is 0 Å². The smallest absolute Gasteiger partial charge is 0.293 e. The third-order valence-electron chi connectivity index (χ3n) is 3.50. The van der Waals surface area contributed by atoms with Crippen molar-refractivity contribution < 1.29 is 9.53 Å². The molecule has 1 atom stereocenters. The molecule has 2 rings (SSSR count). The monoisotopic (exact) mass is 268 g/mol. The summed E-state index contributed by atoms with van der Waals surface area (Å²) in [6.45, 7) is 0.995. The fourth-order valence-electron chi connectivity index (χ4n) is 2.42. The molecule has 0 saturated heterocycles. The Morgan fingerprint density at radius 3 is 2.25 bits per heavy atom. The molecule has 0 aromatic heterocycles. The van der Waals surface area contributed by atoms with Crippen LogP contribution in [0.4, 0.5) is 0 Å². The zero-order valence-electron chi connectivity index (χ0n) is 11.6. The predicted octanol–water partition coefficient (Wildman–Crippen LogP) is 3.97. The number of hydrogen-bond acceptors (Lipinski definition) is 2. The molecule has 0 spiro atoms. The van der Waals surface area contributed by atoms with Crippen LogP contribution in [0.1, 0.15) is 29.9 Å². The molecular formula is C18H20O2. The number of rotatable bonds is 8. The van der Waals surface area contributed by atoms with Gasteiger partial charge in [0.05, 0.1) is 6.61 Å². The van der Waals surface area contributed by atoms with Crippen LogP contribution in [0, 0.1) is 0 Å². The van der Waals surface area contributed by atoms with E-state index in [9.17, 15) is 4.79 Å². The van der Waals surface area contributed by atoms with Crippen molar-refractivity contribution in [1.29, 1.82) is 0 Å². The van der Waals surface area contributed by atoms with Crippen molar-refractivity contribution in [3.05, 3.63) is 71.8 Å². The molecule has 2 aromatic rings. The molecule has 0 heterocycles. The van der Waals surface area contributed by atoms with Crippen LogP contribution in [-0.4, -0.2) is 13.1 Å². The molecule has 0 aliphatic carbocycles. The van der Waals surface area contributed by atoms with Crippen LogP contribution in [-0.2, 0) is 16.0 Å². The van der Waals surface area contributed by atoms with Gasteiger partial charge in [-0.05, 0) is 30.4 Å². The van der Waals surface area contributed by atoms with E-state index in [1.807, 2.05) is 24.3 Å². The number of ether oxygens (including phenoxy) is 1. The van der Waals surface area contributed by atoms with Gasteiger partial charge >= 0.3 is 0 Å². The van der Waals surface area contributed by atoms with E-state index in [4.69, 9.17) is 4.74 Å². The molecule has 2 heteroatoms. The summed E-state index contributed by atoms with van der Waals surface area (Å²) in [7, 11) is 0. The standard InChI is InChI=1S/C18H20O2/c19-15-20-14-18(17-11-5-2-6-12-17)13-7-10-16-8-3-1-4-9-16/h1-6,8-9,11-12,15,18H,7,10,13-14H2. The second-order valence-corrected chi connectivity index (χ2v) is 4.91. The Bertz CT molecular complexity index is 493. The first kappa shape index (κ1) is 14.3. The van der Waals surface area contributed by atoms with Gasteiger partial charge in [-0.25, -0.2) is 0 Å². The van der Waals surface area contributed by atoms with Gasteiger partial charge < -0.3 is 4.74 Å². The van der Waals surface area contributed by atoms with Gasteiger partial charge in [-0.1, -0.05) is 60.7 Å². The topological polar surface area (TPSA) is 26.3 Å². The fourth-order valence-corrected chi connectivity index (χ4v) is 2.42. The van der Waals surface area contributed by atoms with Gasteiger partial charge in [-0.15, -0.1) is 0 Å². The van der Waals surface area contributed by atoms with Gasteiger partial charge in [-0.2, -0.15) is 0 Å². The maximum absolute atomic E-state index is 10.4. The minimum atomic E-state index is 0.283. The summed E-state index contributed by atoms with van der Waals surface area (Å²) < 4.78 is 4.97. The fraction of sp³-hybridized carbons (Fsp3) is 0.278. The predicted molar refractivity (Wildman–Crippen MR) is 80.6 cm³/mol. The lowest BCUT2D eigenvalue weighted by atomic mass is 9.93. The van der Waals surface area contributed by atoms with E-state index in [0.717, 1.165) is 19.3 Å². The summed E-state index contributed by atoms with van der Waals surface area (Å²) in [5.41, 5.74) is 2.60. The van der Waals surface area contributed by atoms with E-state index in [1.54, 1.807) is 0 Å². The summed E-state index contributed by atoms with van der Waals surface area (Å²) in [6, 6.07) is 20.7. The second kappa shape index (κ2) is 8.16. The molecule has 2 aromatic carbocycles. The Balaban J connectivity index is 1.89. The van der Waals surface area contributed by atoms with Gasteiger partial charge in [0.15, 0.2) is 0 Å². The van der Waals surface area contributed by atoms with Crippen LogP contribution in [0.3, 0.4) is 0 Å². The molecule has 0 aliphatic heterocycles. The van der Waals surface area contributed by atoms with Crippen LogP contribution in [0.5, 0.6) is 0 Å². The van der Waals surface area contributed by atoms with Crippen molar-refractivity contribution in [3.8, 4) is 0 Å². The quantitative estimate of drug-likeness (QED) is 0.677. The van der Waals surface area contributed by atoms with Crippen LogP contribution in [0.25, 0.3) is 0 Å². The molecule has 2 nitrogen and oxygen atoms in total. The summed E-state index contributed by atoms with van der Waals surface area (Å²) >= 11 is 0. The molecular weight excluding hydrogens is 248 g/mol. The Hall–Kier alpha value is -2.09. The Morgan fingerprint density at radius 1 is 0.950 bits per heavy atom. The number of carbonyl (C=O) groups is 1. The molecule has 104 valence electrons. The molecule has 1 unspecified atom stereocenters. The maximum atomic E-state index is 10.4. The van der Waals surface area contributed by atoms with E-state index in [2.05, 4.69) is 36.4 Å². The Morgan fingerprint density at radius 2 is 1.60 bits per heavy atom.